The minimum atomic E-state index is 0.0546. The Balaban J connectivity index is 1.45. The minimum Gasteiger partial charge on any atom is -0.343 e. The van der Waals surface area contributed by atoms with Crippen LogP contribution in [0.4, 0.5) is 4.79 Å². The van der Waals surface area contributed by atoms with Crippen LogP contribution in [0.5, 0.6) is 0 Å². The molecule has 1 aromatic rings. The first kappa shape index (κ1) is 16.8. The Bertz CT molecular complexity index is 567. The van der Waals surface area contributed by atoms with Crippen LogP contribution in [0.25, 0.3) is 0 Å². The average Bonchev–Trinajstić information content (AvgIpc) is 2.94. The summed E-state index contributed by atoms with van der Waals surface area (Å²) in [4.78, 5) is 30.4. The number of likely N-dealkylation sites (tertiary alicyclic amines) is 1. The quantitative estimate of drug-likeness (QED) is 0.833. The van der Waals surface area contributed by atoms with E-state index in [1.165, 1.54) is 0 Å². The number of carbonyl (C=O) groups excluding carboxylic acids is 2. The highest BCUT2D eigenvalue weighted by Gasteiger charge is 2.29. The number of urea groups is 1. The van der Waals surface area contributed by atoms with Crippen LogP contribution in [0.1, 0.15) is 31.7 Å². The van der Waals surface area contributed by atoms with Crippen LogP contribution >= 0.6 is 0 Å². The van der Waals surface area contributed by atoms with Gasteiger partial charge in [0, 0.05) is 45.7 Å². The summed E-state index contributed by atoms with van der Waals surface area (Å²) < 4.78 is 0. The molecule has 0 unspecified atom stereocenters. The number of rotatable bonds is 5. The maximum atomic E-state index is 12.5. The first-order chi connectivity index (χ1) is 11.6. The Labute approximate surface area is 144 Å². The molecular weight excluding hydrogens is 302 g/mol. The summed E-state index contributed by atoms with van der Waals surface area (Å²) >= 11 is 0. The van der Waals surface area contributed by atoms with Gasteiger partial charge in [0.15, 0.2) is 0 Å². The molecule has 130 valence electrons. The summed E-state index contributed by atoms with van der Waals surface area (Å²) in [6.07, 6.45) is 2.64. The molecule has 0 spiro atoms. The lowest BCUT2D eigenvalue weighted by molar-refractivity contribution is -0.132. The van der Waals surface area contributed by atoms with Gasteiger partial charge in [0.05, 0.1) is 0 Å². The average molecular weight is 329 g/mol. The van der Waals surface area contributed by atoms with E-state index >= 15 is 0 Å². The van der Waals surface area contributed by atoms with E-state index in [1.54, 1.807) is 0 Å². The monoisotopic (exact) mass is 329 g/mol. The van der Waals surface area contributed by atoms with Gasteiger partial charge in [-0.05, 0) is 24.3 Å². The second-order valence-corrected chi connectivity index (χ2v) is 6.99. The van der Waals surface area contributed by atoms with Gasteiger partial charge in [-0.25, -0.2) is 4.79 Å². The summed E-state index contributed by atoms with van der Waals surface area (Å²) in [5.74, 6) is 0.914. The van der Waals surface area contributed by atoms with Gasteiger partial charge in [0.1, 0.15) is 0 Å². The van der Waals surface area contributed by atoms with Crippen molar-refractivity contribution >= 4 is 11.9 Å². The molecule has 0 atom stereocenters. The van der Waals surface area contributed by atoms with E-state index in [4.69, 9.17) is 0 Å². The van der Waals surface area contributed by atoms with E-state index in [0.29, 0.717) is 19.5 Å². The SMILES string of the molecule is CC1CCN(C(=O)CCN2CCN(Cc3ccccc3)C2=O)CC1. The van der Waals surface area contributed by atoms with E-state index in [1.807, 2.05) is 45.0 Å². The van der Waals surface area contributed by atoms with Crippen molar-refractivity contribution < 1.29 is 9.59 Å². The topological polar surface area (TPSA) is 43.9 Å². The highest BCUT2D eigenvalue weighted by atomic mass is 16.2. The zero-order valence-corrected chi connectivity index (χ0v) is 14.5. The Morgan fingerprint density at radius 3 is 2.42 bits per heavy atom. The van der Waals surface area contributed by atoms with E-state index in [0.717, 1.165) is 50.5 Å². The molecule has 1 aromatic carbocycles. The molecule has 0 saturated carbocycles. The van der Waals surface area contributed by atoms with Crippen molar-refractivity contribution in [3.63, 3.8) is 0 Å². The van der Waals surface area contributed by atoms with Gasteiger partial charge in [-0.3, -0.25) is 4.79 Å². The van der Waals surface area contributed by atoms with Crippen molar-refractivity contribution in [2.75, 3.05) is 32.7 Å². The Morgan fingerprint density at radius 1 is 1.04 bits per heavy atom. The van der Waals surface area contributed by atoms with Crippen molar-refractivity contribution in [3.05, 3.63) is 35.9 Å². The summed E-state index contributed by atoms with van der Waals surface area (Å²) in [7, 11) is 0. The molecule has 2 aliphatic heterocycles. The third-order valence-corrected chi connectivity index (χ3v) is 5.13. The van der Waals surface area contributed by atoms with Crippen LogP contribution in [-0.4, -0.2) is 59.4 Å². The predicted molar refractivity (Wildman–Crippen MR) is 93.4 cm³/mol. The van der Waals surface area contributed by atoms with Crippen molar-refractivity contribution in [3.8, 4) is 0 Å². The normalized spacial score (nSPS) is 19.2. The number of benzene rings is 1. The molecule has 0 radical (unpaired) electrons. The second kappa shape index (κ2) is 7.69. The summed E-state index contributed by atoms with van der Waals surface area (Å²) in [5.41, 5.74) is 1.14. The molecule has 0 N–H and O–H groups in total. The minimum absolute atomic E-state index is 0.0546. The van der Waals surface area contributed by atoms with E-state index < -0.39 is 0 Å². The van der Waals surface area contributed by atoms with Crippen LogP contribution in [0, 0.1) is 5.92 Å². The highest BCUT2D eigenvalue weighted by molar-refractivity contribution is 5.79. The van der Waals surface area contributed by atoms with Crippen LogP contribution in [0.2, 0.25) is 0 Å². The highest BCUT2D eigenvalue weighted by Crippen LogP contribution is 2.18. The van der Waals surface area contributed by atoms with Crippen LogP contribution in [0.3, 0.4) is 0 Å². The third-order valence-electron chi connectivity index (χ3n) is 5.13. The Kier molecular flexibility index (Phi) is 5.38. The molecule has 0 aliphatic carbocycles. The summed E-state index contributed by atoms with van der Waals surface area (Å²) in [5, 5.41) is 0. The smallest absolute Gasteiger partial charge is 0.320 e. The van der Waals surface area contributed by atoms with E-state index in [9.17, 15) is 9.59 Å². The number of hydrogen-bond donors (Lipinski definition) is 0. The number of carbonyl (C=O) groups is 2. The molecule has 0 bridgehead atoms. The molecule has 24 heavy (non-hydrogen) atoms. The van der Waals surface area contributed by atoms with Gasteiger partial charge in [-0.2, -0.15) is 0 Å². The van der Waals surface area contributed by atoms with Crippen molar-refractivity contribution in [1.82, 2.24) is 14.7 Å². The number of piperidine rings is 1. The van der Waals surface area contributed by atoms with Crippen LogP contribution < -0.4 is 0 Å². The van der Waals surface area contributed by atoms with Gasteiger partial charge in [-0.1, -0.05) is 37.3 Å². The molecule has 2 aliphatic rings. The fourth-order valence-electron chi connectivity index (χ4n) is 3.44. The van der Waals surface area contributed by atoms with Crippen molar-refractivity contribution in [2.24, 2.45) is 5.92 Å². The van der Waals surface area contributed by atoms with Gasteiger partial charge in [0.2, 0.25) is 5.91 Å². The Hall–Kier alpha value is -2.04. The lowest BCUT2D eigenvalue weighted by atomic mass is 9.99. The maximum Gasteiger partial charge on any atom is 0.320 e. The number of hydrogen-bond acceptors (Lipinski definition) is 2. The Morgan fingerprint density at radius 2 is 1.71 bits per heavy atom. The fourth-order valence-corrected chi connectivity index (χ4v) is 3.44. The van der Waals surface area contributed by atoms with E-state index in [2.05, 4.69) is 6.92 Å². The lowest BCUT2D eigenvalue weighted by Crippen LogP contribution is -2.40. The van der Waals surface area contributed by atoms with Gasteiger partial charge in [-0.15, -0.1) is 0 Å². The fraction of sp³-hybridized carbons (Fsp3) is 0.579. The molecular formula is C19H27N3O2. The molecule has 2 saturated heterocycles. The standard InChI is InChI=1S/C19H27N3O2/c1-16-7-10-20(11-8-16)18(23)9-12-21-13-14-22(19(21)24)15-17-5-3-2-4-6-17/h2-6,16H,7-15H2,1H3. The first-order valence-electron chi connectivity index (χ1n) is 8.99. The van der Waals surface area contributed by atoms with Crippen molar-refractivity contribution in [1.29, 1.82) is 0 Å². The maximum absolute atomic E-state index is 12.5. The zero-order valence-electron chi connectivity index (χ0n) is 14.5. The van der Waals surface area contributed by atoms with Gasteiger partial charge >= 0.3 is 6.03 Å². The molecule has 2 heterocycles. The van der Waals surface area contributed by atoms with Crippen molar-refractivity contribution in [2.45, 2.75) is 32.7 Å². The predicted octanol–water partition coefficient (Wildman–Crippen LogP) is 2.57. The van der Waals surface area contributed by atoms with Crippen LogP contribution in [0.15, 0.2) is 30.3 Å². The molecule has 5 heteroatoms. The largest absolute Gasteiger partial charge is 0.343 e. The second-order valence-electron chi connectivity index (χ2n) is 6.99. The number of nitrogens with zero attached hydrogens (tertiary/aromatic N) is 3. The molecule has 3 rings (SSSR count). The molecule has 3 amide bonds. The summed E-state index contributed by atoms with van der Waals surface area (Å²) in [6, 6.07) is 10.1. The first-order valence-corrected chi connectivity index (χ1v) is 8.99. The molecule has 0 aromatic heterocycles. The van der Waals surface area contributed by atoms with Gasteiger partial charge < -0.3 is 14.7 Å². The van der Waals surface area contributed by atoms with Crippen LogP contribution in [-0.2, 0) is 11.3 Å². The zero-order chi connectivity index (χ0) is 16.9. The summed E-state index contributed by atoms with van der Waals surface area (Å²) in [6.45, 7) is 6.62. The molecule has 5 nitrogen and oxygen atoms in total. The third kappa shape index (κ3) is 4.08. The lowest BCUT2D eigenvalue weighted by Gasteiger charge is -2.30. The number of amides is 3. The van der Waals surface area contributed by atoms with E-state index in [-0.39, 0.29) is 11.9 Å². The van der Waals surface area contributed by atoms with Gasteiger partial charge in [0.25, 0.3) is 0 Å². The molecule has 2 fully saturated rings.